The van der Waals surface area contributed by atoms with Gasteiger partial charge in [0.2, 0.25) is 0 Å². The first kappa shape index (κ1) is 22.1. The van der Waals surface area contributed by atoms with Crippen molar-refractivity contribution in [3.05, 3.63) is 24.0 Å². The van der Waals surface area contributed by atoms with E-state index in [0.29, 0.717) is 39.1 Å². The summed E-state index contributed by atoms with van der Waals surface area (Å²) in [6.07, 6.45) is 8.24. The molecule has 2 bridgehead atoms. The van der Waals surface area contributed by atoms with Crippen LogP contribution in [0, 0.1) is 22.7 Å². The van der Waals surface area contributed by atoms with Gasteiger partial charge in [-0.2, -0.15) is 0 Å². The average molecular weight is 447 g/mol. The Morgan fingerprint density at radius 3 is 2.75 bits per heavy atom. The van der Waals surface area contributed by atoms with Crippen LogP contribution in [-0.2, 0) is 28.5 Å². The largest absolute Gasteiger partial charge is 0.502 e. The predicted molar refractivity (Wildman–Crippen MR) is 114 cm³/mol. The van der Waals surface area contributed by atoms with Gasteiger partial charge in [0.25, 0.3) is 0 Å². The van der Waals surface area contributed by atoms with Crippen LogP contribution in [0.5, 0.6) is 0 Å². The number of hydrogen-bond acceptors (Lipinski definition) is 7. The molecular formula is C25H34O7. The Morgan fingerprint density at radius 1 is 1.31 bits per heavy atom. The molecule has 0 aromatic rings. The second-order valence-corrected chi connectivity index (χ2v) is 10.5. The van der Waals surface area contributed by atoms with Gasteiger partial charge in [-0.05, 0) is 38.2 Å². The van der Waals surface area contributed by atoms with Crippen molar-refractivity contribution in [2.75, 3.05) is 19.8 Å². The van der Waals surface area contributed by atoms with Crippen LogP contribution in [0.15, 0.2) is 24.0 Å². The van der Waals surface area contributed by atoms with Crippen molar-refractivity contribution in [2.45, 2.75) is 76.8 Å². The maximum Gasteiger partial charge on any atom is 0.316 e. The second kappa shape index (κ2) is 7.40. The molecule has 1 spiro atoms. The first-order chi connectivity index (χ1) is 15.2. The highest BCUT2D eigenvalue weighted by molar-refractivity contribution is 5.89. The predicted octanol–water partition coefficient (Wildman–Crippen LogP) is 3.06. The van der Waals surface area contributed by atoms with Crippen molar-refractivity contribution >= 4 is 11.8 Å². The SMILES string of the molecule is CCO/C=C/[C@@]1(O)[C@@H]2CC=C3CC4(CC[C@]3(C)[C@@H]2[C@@H]2C[C@]1(CC(C)=O)C(=O)O2)OCCO4. The second-order valence-electron chi connectivity index (χ2n) is 10.5. The number of esters is 1. The van der Waals surface area contributed by atoms with Gasteiger partial charge < -0.3 is 24.1 Å². The third-order valence-electron chi connectivity index (χ3n) is 8.89. The zero-order valence-corrected chi connectivity index (χ0v) is 19.2. The Labute approximate surface area is 189 Å². The van der Waals surface area contributed by atoms with E-state index in [2.05, 4.69) is 13.0 Å². The molecule has 3 aliphatic carbocycles. The number of allylic oxidation sites excluding steroid dienone is 1. The highest BCUT2D eigenvalue weighted by Crippen LogP contribution is 2.67. The Kier molecular flexibility index (Phi) is 5.12. The van der Waals surface area contributed by atoms with Gasteiger partial charge in [0.1, 0.15) is 22.9 Å². The molecule has 2 heterocycles. The van der Waals surface area contributed by atoms with Crippen LogP contribution in [0.25, 0.3) is 0 Å². The van der Waals surface area contributed by atoms with Crippen molar-refractivity contribution < 1.29 is 33.6 Å². The molecule has 5 aliphatic rings. The topological polar surface area (TPSA) is 91.3 Å². The van der Waals surface area contributed by atoms with Gasteiger partial charge in [0.15, 0.2) is 5.79 Å². The van der Waals surface area contributed by atoms with Crippen LogP contribution in [0.2, 0.25) is 0 Å². The third-order valence-corrected chi connectivity index (χ3v) is 8.89. The number of carbonyl (C=O) groups excluding carboxylic acids is 2. The molecule has 0 aromatic heterocycles. The van der Waals surface area contributed by atoms with Gasteiger partial charge in [-0.1, -0.05) is 18.6 Å². The number of hydrogen-bond donors (Lipinski definition) is 1. The van der Waals surface area contributed by atoms with Gasteiger partial charge >= 0.3 is 5.97 Å². The smallest absolute Gasteiger partial charge is 0.316 e. The van der Waals surface area contributed by atoms with E-state index >= 15 is 0 Å². The highest BCUT2D eigenvalue weighted by atomic mass is 16.7. The summed E-state index contributed by atoms with van der Waals surface area (Å²) in [5.41, 5.74) is -1.77. The Morgan fingerprint density at radius 2 is 2.06 bits per heavy atom. The average Bonchev–Trinajstić information content (AvgIpc) is 3.31. The molecule has 1 N–H and O–H groups in total. The molecule has 4 fully saturated rings. The normalized spacial score (nSPS) is 44.2. The van der Waals surface area contributed by atoms with E-state index in [9.17, 15) is 14.7 Å². The maximum atomic E-state index is 13.3. The van der Waals surface area contributed by atoms with Crippen molar-refractivity contribution in [3.63, 3.8) is 0 Å². The lowest BCUT2D eigenvalue weighted by Gasteiger charge is -2.59. The maximum absolute atomic E-state index is 13.3. The van der Waals surface area contributed by atoms with Crippen LogP contribution in [0.4, 0.5) is 0 Å². The zero-order valence-electron chi connectivity index (χ0n) is 19.2. The van der Waals surface area contributed by atoms with Crippen LogP contribution in [0.3, 0.4) is 0 Å². The number of ketones is 1. The van der Waals surface area contributed by atoms with Gasteiger partial charge in [-0.25, -0.2) is 0 Å². The summed E-state index contributed by atoms with van der Waals surface area (Å²) in [6, 6.07) is 0. The minimum Gasteiger partial charge on any atom is -0.502 e. The van der Waals surface area contributed by atoms with Crippen molar-refractivity contribution in [3.8, 4) is 0 Å². The van der Waals surface area contributed by atoms with Crippen molar-refractivity contribution in [1.29, 1.82) is 0 Å². The fraction of sp³-hybridized carbons (Fsp3) is 0.760. The van der Waals surface area contributed by atoms with Crippen LogP contribution in [-0.4, -0.2) is 54.2 Å². The molecule has 2 saturated carbocycles. The minimum absolute atomic E-state index is 0.0312. The first-order valence-corrected chi connectivity index (χ1v) is 11.9. The van der Waals surface area contributed by atoms with Gasteiger partial charge in [0.05, 0.1) is 26.1 Å². The molecule has 0 aromatic carbocycles. The van der Waals surface area contributed by atoms with Gasteiger partial charge in [-0.3, -0.25) is 9.59 Å². The van der Waals surface area contributed by atoms with E-state index in [1.807, 2.05) is 6.92 Å². The molecule has 7 nitrogen and oxygen atoms in total. The van der Waals surface area contributed by atoms with Crippen LogP contribution < -0.4 is 0 Å². The summed E-state index contributed by atoms with van der Waals surface area (Å²) in [5, 5.41) is 12.3. The number of rotatable bonds is 5. The molecule has 0 radical (unpaired) electrons. The molecule has 5 rings (SSSR count). The molecule has 32 heavy (non-hydrogen) atoms. The Balaban J connectivity index is 1.58. The summed E-state index contributed by atoms with van der Waals surface area (Å²) in [6.45, 7) is 7.25. The van der Waals surface area contributed by atoms with E-state index < -0.39 is 22.8 Å². The number of Topliss-reactive ketones (excluding diaryl/α,β-unsaturated/α-hetero) is 1. The fourth-order valence-electron chi connectivity index (χ4n) is 7.45. The summed E-state index contributed by atoms with van der Waals surface area (Å²) in [4.78, 5) is 25.5. The van der Waals surface area contributed by atoms with E-state index in [1.54, 1.807) is 6.08 Å². The summed E-state index contributed by atoms with van der Waals surface area (Å²) < 4.78 is 23.4. The molecule has 2 saturated heterocycles. The van der Waals surface area contributed by atoms with Crippen LogP contribution in [0.1, 0.15) is 59.3 Å². The van der Waals surface area contributed by atoms with E-state index in [4.69, 9.17) is 18.9 Å². The van der Waals surface area contributed by atoms with E-state index in [0.717, 1.165) is 12.8 Å². The van der Waals surface area contributed by atoms with Gasteiger partial charge in [-0.15, -0.1) is 0 Å². The lowest BCUT2D eigenvalue weighted by molar-refractivity contribution is -0.197. The summed E-state index contributed by atoms with van der Waals surface area (Å²) in [5.74, 6) is -1.43. The number of ether oxygens (including phenoxy) is 4. The zero-order chi connectivity index (χ0) is 22.8. The van der Waals surface area contributed by atoms with E-state index in [-0.39, 0.29) is 35.6 Å². The first-order valence-electron chi connectivity index (χ1n) is 11.9. The monoisotopic (exact) mass is 446 g/mol. The lowest BCUT2D eigenvalue weighted by atomic mass is 9.45. The number of carbonyl (C=O) groups is 2. The molecule has 176 valence electrons. The van der Waals surface area contributed by atoms with Crippen LogP contribution >= 0.6 is 0 Å². The third kappa shape index (κ3) is 2.90. The number of fused-ring (bicyclic) bond motifs is 6. The molecule has 6 atom stereocenters. The standard InChI is InChI=1S/C25H34O7/c1-4-29-10-9-25(28)18-6-5-17-14-24(30-11-12-31-24)8-7-22(17,3)20(18)19-15-23(25,13-16(2)26)21(27)32-19/h5,9-10,18-20,28H,4,6-8,11-15H2,1-3H3/b10-9+/t18-,19+,20+,22+,23-,25-/m1/s1. The minimum atomic E-state index is -1.52. The summed E-state index contributed by atoms with van der Waals surface area (Å²) >= 11 is 0. The summed E-state index contributed by atoms with van der Waals surface area (Å²) in [7, 11) is 0. The quantitative estimate of drug-likeness (QED) is 0.394. The molecule has 0 unspecified atom stereocenters. The van der Waals surface area contributed by atoms with Crippen molar-refractivity contribution in [1.82, 2.24) is 0 Å². The molecular weight excluding hydrogens is 412 g/mol. The highest BCUT2D eigenvalue weighted by Gasteiger charge is 2.73. The molecule has 2 aliphatic heterocycles. The Hall–Kier alpha value is -1.70. The van der Waals surface area contributed by atoms with Gasteiger partial charge in [0, 0.05) is 37.5 Å². The number of aliphatic hydroxyl groups is 1. The van der Waals surface area contributed by atoms with Crippen molar-refractivity contribution in [2.24, 2.45) is 22.7 Å². The van der Waals surface area contributed by atoms with E-state index in [1.165, 1.54) is 18.8 Å². The molecule has 0 amide bonds. The lowest BCUT2D eigenvalue weighted by Crippen LogP contribution is -2.64. The fourth-order valence-corrected chi connectivity index (χ4v) is 7.45. The molecule has 7 heteroatoms. The Bertz CT molecular complexity index is 872.